The first-order valence-electron chi connectivity index (χ1n) is 5.26. The van der Waals surface area contributed by atoms with E-state index in [1.165, 1.54) is 18.2 Å². The van der Waals surface area contributed by atoms with Gasteiger partial charge in [0, 0.05) is 0 Å². The van der Waals surface area contributed by atoms with Gasteiger partial charge in [0.2, 0.25) is 0 Å². The molecule has 0 radical (unpaired) electrons. The fourth-order valence-electron chi connectivity index (χ4n) is 2.25. The molecule has 0 aliphatic heterocycles. The minimum absolute atomic E-state index is 0.0885. The highest BCUT2D eigenvalue weighted by atomic mass is 16.5. The minimum atomic E-state index is -0.327. The van der Waals surface area contributed by atoms with Crippen LogP contribution in [-0.4, -0.2) is 13.1 Å². The molecule has 0 unspecified atom stereocenters. The molecular weight excluding hydrogens is 188 g/mol. The van der Waals surface area contributed by atoms with Crippen molar-refractivity contribution >= 4 is 5.97 Å². The maximum Gasteiger partial charge on any atom is 0.316 e. The minimum Gasteiger partial charge on any atom is -0.468 e. The largest absolute Gasteiger partial charge is 0.468 e. The number of hydrogen-bond donors (Lipinski definition) is 0. The topological polar surface area (TPSA) is 26.3 Å². The third kappa shape index (κ3) is 1.54. The molecule has 0 bridgehead atoms. The summed E-state index contributed by atoms with van der Waals surface area (Å²) in [5.41, 5.74) is 3.24. The van der Waals surface area contributed by atoms with Gasteiger partial charge in [-0.05, 0) is 37.8 Å². The first-order chi connectivity index (χ1) is 7.10. The average Bonchev–Trinajstić information content (AvgIpc) is 2.97. The molecule has 2 nitrogen and oxygen atoms in total. The fourth-order valence-corrected chi connectivity index (χ4v) is 2.25. The molecule has 0 saturated heterocycles. The Balaban J connectivity index is 2.42. The van der Waals surface area contributed by atoms with Gasteiger partial charge in [0.05, 0.1) is 12.5 Å². The van der Waals surface area contributed by atoms with Crippen molar-refractivity contribution in [1.82, 2.24) is 0 Å². The van der Waals surface area contributed by atoms with E-state index in [1.54, 1.807) is 0 Å². The van der Waals surface area contributed by atoms with Crippen molar-refractivity contribution in [2.24, 2.45) is 0 Å². The van der Waals surface area contributed by atoms with Crippen LogP contribution in [0.15, 0.2) is 18.2 Å². The number of hydrogen-bond acceptors (Lipinski definition) is 2. The molecule has 2 rings (SSSR count). The van der Waals surface area contributed by atoms with Crippen LogP contribution in [0.4, 0.5) is 0 Å². The molecule has 1 aromatic rings. The highest BCUT2D eigenvalue weighted by molar-refractivity contribution is 5.87. The average molecular weight is 204 g/mol. The molecule has 0 N–H and O–H groups in total. The maximum atomic E-state index is 11.7. The van der Waals surface area contributed by atoms with Crippen LogP contribution in [0.25, 0.3) is 0 Å². The van der Waals surface area contributed by atoms with Crippen molar-refractivity contribution in [2.45, 2.75) is 32.1 Å². The van der Waals surface area contributed by atoms with Crippen molar-refractivity contribution in [2.75, 3.05) is 7.11 Å². The van der Waals surface area contributed by atoms with Gasteiger partial charge in [0.1, 0.15) is 0 Å². The van der Waals surface area contributed by atoms with Crippen LogP contribution in [0.5, 0.6) is 0 Å². The monoisotopic (exact) mass is 204 g/mol. The standard InChI is InChI=1S/C13H16O2/c1-9-4-5-11(10(2)8-9)13(6-7-13)12(14)15-3/h4-5,8H,6-7H2,1-3H3. The van der Waals surface area contributed by atoms with Crippen LogP contribution in [0.2, 0.25) is 0 Å². The number of aryl methyl sites for hydroxylation is 2. The van der Waals surface area contributed by atoms with E-state index in [2.05, 4.69) is 32.0 Å². The first-order valence-corrected chi connectivity index (χ1v) is 5.26. The van der Waals surface area contributed by atoms with Crippen molar-refractivity contribution in [3.63, 3.8) is 0 Å². The molecule has 1 aromatic carbocycles. The van der Waals surface area contributed by atoms with Crippen LogP contribution >= 0.6 is 0 Å². The van der Waals surface area contributed by atoms with Crippen molar-refractivity contribution < 1.29 is 9.53 Å². The number of ether oxygens (including phenoxy) is 1. The Labute approximate surface area is 90.3 Å². The molecule has 1 fully saturated rings. The van der Waals surface area contributed by atoms with Crippen LogP contribution in [0, 0.1) is 13.8 Å². The molecule has 0 spiro atoms. The summed E-state index contributed by atoms with van der Waals surface area (Å²) in [5, 5.41) is 0. The molecule has 1 saturated carbocycles. The van der Waals surface area contributed by atoms with E-state index in [9.17, 15) is 4.79 Å². The maximum absolute atomic E-state index is 11.7. The van der Waals surface area contributed by atoms with Crippen molar-refractivity contribution in [3.8, 4) is 0 Å². The lowest BCUT2D eigenvalue weighted by atomic mass is 9.91. The zero-order valence-electron chi connectivity index (χ0n) is 9.46. The van der Waals surface area contributed by atoms with Gasteiger partial charge in [-0.25, -0.2) is 0 Å². The summed E-state index contributed by atoms with van der Waals surface area (Å²) in [6.45, 7) is 4.12. The van der Waals surface area contributed by atoms with E-state index in [1.807, 2.05) is 0 Å². The Morgan fingerprint density at radius 3 is 2.47 bits per heavy atom. The molecule has 1 aliphatic carbocycles. The van der Waals surface area contributed by atoms with Gasteiger partial charge in [-0.1, -0.05) is 23.8 Å². The second kappa shape index (κ2) is 3.37. The van der Waals surface area contributed by atoms with Gasteiger partial charge in [0.25, 0.3) is 0 Å². The zero-order chi connectivity index (χ0) is 11.1. The number of rotatable bonds is 2. The van der Waals surface area contributed by atoms with Crippen LogP contribution in [-0.2, 0) is 14.9 Å². The van der Waals surface area contributed by atoms with E-state index in [4.69, 9.17) is 4.74 Å². The highest BCUT2D eigenvalue weighted by Crippen LogP contribution is 2.50. The summed E-state index contributed by atoms with van der Waals surface area (Å²) in [6, 6.07) is 6.25. The fraction of sp³-hybridized carbons (Fsp3) is 0.462. The van der Waals surface area contributed by atoms with Gasteiger partial charge >= 0.3 is 5.97 Å². The molecule has 0 amide bonds. The number of carbonyl (C=O) groups is 1. The SMILES string of the molecule is COC(=O)C1(c2ccc(C)cc2C)CC1. The smallest absolute Gasteiger partial charge is 0.316 e. The van der Waals surface area contributed by atoms with Crippen molar-refractivity contribution in [1.29, 1.82) is 0 Å². The van der Waals surface area contributed by atoms with Crippen LogP contribution in [0.3, 0.4) is 0 Å². The number of benzene rings is 1. The predicted octanol–water partition coefficient (Wildman–Crippen LogP) is 2.51. The second-order valence-electron chi connectivity index (χ2n) is 4.39. The normalized spacial score (nSPS) is 17.3. The third-order valence-electron chi connectivity index (χ3n) is 3.22. The molecule has 1 aliphatic rings. The Morgan fingerprint density at radius 1 is 1.33 bits per heavy atom. The molecule has 80 valence electrons. The predicted molar refractivity (Wildman–Crippen MR) is 58.8 cm³/mol. The third-order valence-corrected chi connectivity index (χ3v) is 3.22. The van der Waals surface area contributed by atoms with E-state index in [-0.39, 0.29) is 11.4 Å². The molecule has 0 aromatic heterocycles. The Morgan fingerprint density at radius 2 is 2.00 bits per heavy atom. The summed E-state index contributed by atoms with van der Waals surface area (Å²) >= 11 is 0. The Bertz CT molecular complexity index is 403. The van der Waals surface area contributed by atoms with Crippen LogP contribution in [0.1, 0.15) is 29.5 Å². The lowest BCUT2D eigenvalue weighted by Crippen LogP contribution is -2.22. The van der Waals surface area contributed by atoms with E-state index < -0.39 is 0 Å². The lowest BCUT2D eigenvalue weighted by Gasteiger charge is -2.16. The van der Waals surface area contributed by atoms with Gasteiger partial charge in [-0.2, -0.15) is 0 Å². The van der Waals surface area contributed by atoms with Crippen LogP contribution < -0.4 is 0 Å². The number of methoxy groups -OCH3 is 1. The number of carbonyl (C=O) groups excluding carboxylic acids is 1. The molecular formula is C13H16O2. The Kier molecular flexibility index (Phi) is 2.29. The first kappa shape index (κ1) is 10.2. The quantitative estimate of drug-likeness (QED) is 0.692. The zero-order valence-corrected chi connectivity index (χ0v) is 9.46. The molecule has 2 heteroatoms. The van der Waals surface area contributed by atoms with E-state index in [0.717, 1.165) is 18.4 Å². The summed E-state index contributed by atoms with van der Waals surface area (Å²) in [7, 11) is 1.46. The summed E-state index contributed by atoms with van der Waals surface area (Å²) in [6.07, 6.45) is 1.84. The van der Waals surface area contributed by atoms with Gasteiger partial charge < -0.3 is 4.74 Å². The van der Waals surface area contributed by atoms with Gasteiger partial charge in [0.15, 0.2) is 0 Å². The molecule has 0 heterocycles. The van der Waals surface area contributed by atoms with E-state index >= 15 is 0 Å². The molecule has 15 heavy (non-hydrogen) atoms. The molecule has 0 atom stereocenters. The lowest BCUT2D eigenvalue weighted by molar-refractivity contribution is -0.143. The van der Waals surface area contributed by atoms with Crippen molar-refractivity contribution in [3.05, 3.63) is 34.9 Å². The Hall–Kier alpha value is -1.31. The number of esters is 1. The summed E-state index contributed by atoms with van der Waals surface area (Å²) in [5.74, 6) is -0.0885. The van der Waals surface area contributed by atoms with Gasteiger partial charge in [-0.15, -0.1) is 0 Å². The highest BCUT2D eigenvalue weighted by Gasteiger charge is 2.53. The second-order valence-corrected chi connectivity index (χ2v) is 4.39. The summed E-state index contributed by atoms with van der Waals surface area (Å²) < 4.78 is 4.88. The summed E-state index contributed by atoms with van der Waals surface area (Å²) in [4.78, 5) is 11.7. The van der Waals surface area contributed by atoms with E-state index in [0.29, 0.717) is 0 Å². The van der Waals surface area contributed by atoms with Gasteiger partial charge in [-0.3, -0.25) is 4.79 Å².